The summed E-state index contributed by atoms with van der Waals surface area (Å²) in [5.41, 5.74) is 2.93. The van der Waals surface area contributed by atoms with Crippen molar-refractivity contribution in [3.63, 3.8) is 0 Å². The minimum Gasteiger partial charge on any atom is -0.378 e. The van der Waals surface area contributed by atoms with Crippen LogP contribution in [0.3, 0.4) is 0 Å². The Morgan fingerprint density at radius 1 is 1.54 bits per heavy atom. The Kier molecular flexibility index (Phi) is 4.16. The average molecular weight is 186 g/mol. The summed E-state index contributed by atoms with van der Waals surface area (Å²) in [6, 6.07) is 0.414. The van der Waals surface area contributed by atoms with Crippen LogP contribution in [0.15, 0.2) is 0 Å². The lowest BCUT2D eigenvalue weighted by Gasteiger charge is -2.26. The van der Waals surface area contributed by atoms with Crippen LogP contribution in [0.5, 0.6) is 0 Å². The van der Waals surface area contributed by atoms with Crippen molar-refractivity contribution in [1.29, 1.82) is 0 Å². The summed E-state index contributed by atoms with van der Waals surface area (Å²) in [7, 11) is 0. The van der Waals surface area contributed by atoms with Crippen molar-refractivity contribution in [2.45, 2.75) is 45.8 Å². The van der Waals surface area contributed by atoms with E-state index in [-0.39, 0.29) is 0 Å². The van der Waals surface area contributed by atoms with Crippen LogP contribution < -0.4 is 11.3 Å². The van der Waals surface area contributed by atoms with E-state index in [0.29, 0.717) is 24.0 Å². The van der Waals surface area contributed by atoms with E-state index in [4.69, 9.17) is 10.6 Å². The SMILES string of the molecule is CC(C)CC(NN)C1CCOC1C. The summed E-state index contributed by atoms with van der Waals surface area (Å²) >= 11 is 0. The highest BCUT2D eigenvalue weighted by molar-refractivity contribution is 4.83. The molecule has 1 aliphatic heterocycles. The Morgan fingerprint density at radius 2 is 2.23 bits per heavy atom. The van der Waals surface area contributed by atoms with E-state index in [0.717, 1.165) is 19.4 Å². The van der Waals surface area contributed by atoms with Gasteiger partial charge in [-0.25, -0.2) is 0 Å². The monoisotopic (exact) mass is 186 g/mol. The lowest BCUT2D eigenvalue weighted by molar-refractivity contribution is 0.0926. The largest absolute Gasteiger partial charge is 0.378 e. The second-order valence-electron chi connectivity index (χ2n) is 4.43. The quantitative estimate of drug-likeness (QED) is 0.514. The minimum atomic E-state index is 0.361. The van der Waals surface area contributed by atoms with Crippen LogP contribution in [0.4, 0.5) is 0 Å². The highest BCUT2D eigenvalue weighted by atomic mass is 16.5. The van der Waals surface area contributed by atoms with Crippen molar-refractivity contribution in [3.05, 3.63) is 0 Å². The first-order valence-electron chi connectivity index (χ1n) is 5.23. The van der Waals surface area contributed by atoms with Crippen LogP contribution in [0.1, 0.15) is 33.6 Å². The third-order valence-corrected chi connectivity index (χ3v) is 2.89. The van der Waals surface area contributed by atoms with Gasteiger partial charge in [0.25, 0.3) is 0 Å². The molecular formula is C10H22N2O. The molecule has 0 aromatic heterocycles. The molecule has 0 aromatic rings. The van der Waals surface area contributed by atoms with Gasteiger partial charge in [-0.2, -0.15) is 0 Å². The molecule has 1 fully saturated rings. The van der Waals surface area contributed by atoms with Crippen LogP contribution in [-0.2, 0) is 4.74 Å². The minimum absolute atomic E-state index is 0.361. The van der Waals surface area contributed by atoms with Gasteiger partial charge in [0.05, 0.1) is 6.10 Å². The molecule has 0 amide bonds. The second kappa shape index (κ2) is 4.94. The third kappa shape index (κ3) is 2.93. The van der Waals surface area contributed by atoms with Gasteiger partial charge in [-0.05, 0) is 25.7 Å². The maximum Gasteiger partial charge on any atom is 0.0591 e. The van der Waals surface area contributed by atoms with Gasteiger partial charge >= 0.3 is 0 Å². The van der Waals surface area contributed by atoms with Crippen molar-refractivity contribution in [3.8, 4) is 0 Å². The Balaban J connectivity index is 2.45. The zero-order valence-electron chi connectivity index (χ0n) is 8.92. The average Bonchev–Trinajstić information content (AvgIpc) is 2.47. The van der Waals surface area contributed by atoms with Crippen LogP contribution in [0, 0.1) is 11.8 Å². The van der Waals surface area contributed by atoms with Gasteiger partial charge in [-0.1, -0.05) is 13.8 Å². The van der Waals surface area contributed by atoms with Crippen molar-refractivity contribution in [2.24, 2.45) is 17.7 Å². The summed E-state index contributed by atoms with van der Waals surface area (Å²) in [4.78, 5) is 0. The van der Waals surface area contributed by atoms with Crippen LogP contribution >= 0.6 is 0 Å². The van der Waals surface area contributed by atoms with E-state index < -0.39 is 0 Å². The third-order valence-electron chi connectivity index (χ3n) is 2.89. The van der Waals surface area contributed by atoms with Crippen molar-refractivity contribution < 1.29 is 4.74 Å². The summed E-state index contributed by atoms with van der Waals surface area (Å²) in [6.45, 7) is 7.49. The molecule has 3 unspecified atom stereocenters. The Labute approximate surface area is 81.0 Å². The maximum absolute atomic E-state index is 5.56. The summed E-state index contributed by atoms with van der Waals surface area (Å²) in [5, 5.41) is 0. The van der Waals surface area contributed by atoms with Gasteiger partial charge in [0, 0.05) is 18.6 Å². The summed E-state index contributed by atoms with van der Waals surface area (Å²) in [5.74, 6) is 6.84. The number of nitrogens with one attached hydrogen (secondary N) is 1. The molecule has 1 aliphatic rings. The number of ether oxygens (including phenoxy) is 1. The van der Waals surface area contributed by atoms with E-state index in [1.807, 2.05) is 0 Å². The molecule has 1 rings (SSSR count). The van der Waals surface area contributed by atoms with E-state index in [1.54, 1.807) is 0 Å². The van der Waals surface area contributed by atoms with E-state index >= 15 is 0 Å². The molecule has 0 radical (unpaired) electrons. The molecule has 78 valence electrons. The normalized spacial score (nSPS) is 31.2. The maximum atomic E-state index is 5.56. The Hall–Kier alpha value is -0.120. The zero-order chi connectivity index (χ0) is 9.84. The topological polar surface area (TPSA) is 47.3 Å². The van der Waals surface area contributed by atoms with Crippen molar-refractivity contribution in [2.75, 3.05) is 6.61 Å². The molecule has 1 heterocycles. The van der Waals surface area contributed by atoms with Gasteiger partial charge < -0.3 is 4.74 Å². The fourth-order valence-corrected chi connectivity index (χ4v) is 2.15. The van der Waals surface area contributed by atoms with E-state index in [9.17, 15) is 0 Å². The molecule has 3 nitrogen and oxygen atoms in total. The molecule has 0 bridgehead atoms. The van der Waals surface area contributed by atoms with E-state index in [2.05, 4.69) is 26.2 Å². The van der Waals surface area contributed by atoms with Gasteiger partial charge in [0.2, 0.25) is 0 Å². The number of hydrazine groups is 1. The molecule has 3 heteroatoms. The molecule has 0 saturated carbocycles. The predicted molar refractivity (Wildman–Crippen MR) is 54.1 cm³/mol. The fourth-order valence-electron chi connectivity index (χ4n) is 2.15. The predicted octanol–water partition coefficient (Wildman–Crippen LogP) is 1.29. The fraction of sp³-hybridized carbons (Fsp3) is 1.00. The number of hydrogen-bond acceptors (Lipinski definition) is 3. The standard InChI is InChI=1S/C10H22N2O/c1-7(2)6-10(12-11)9-4-5-13-8(9)3/h7-10,12H,4-6,11H2,1-3H3. The van der Waals surface area contributed by atoms with Gasteiger partial charge in [0.1, 0.15) is 0 Å². The van der Waals surface area contributed by atoms with Gasteiger partial charge in [-0.3, -0.25) is 11.3 Å². The summed E-state index contributed by atoms with van der Waals surface area (Å²) < 4.78 is 5.53. The lowest BCUT2D eigenvalue weighted by Crippen LogP contribution is -2.44. The number of hydrogen-bond donors (Lipinski definition) is 2. The molecule has 0 spiro atoms. The summed E-state index contributed by atoms with van der Waals surface area (Å²) in [6.07, 6.45) is 2.64. The molecule has 0 aliphatic carbocycles. The molecule has 3 atom stereocenters. The first-order chi connectivity index (χ1) is 6.15. The van der Waals surface area contributed by atoms with Crippen molar-refractivity contribution >= 4 is 0 Å². The Bertz CT molecular complexity index is 150. The highest BCUT2D eigenvalue weighted by Gasteiger charge is 2.31. The molecule has 0 aromatic carbocycles. The molecule has 3 N–H and O–H groups in total. The Morgan fingerprint density at radius 3 is 2.62 bits per heavy atom. The first kappa shape index (κ1) is 11.0. The van der Waals surface area contributed by atoms with Crippen molar-refractivity contribution in [1.82, 2.24) is 5.43 Å². The number of nitrogens with two attached hydrogens (primary N) is 1. The van der Waals surface area contributed by atoms with E-state index in [1.165, 1.54) is 0 Å². The smallest absolute Gasteiger partial charge is 0.0591 e. The lowest BCUT2D eigenvalue weighted by atomic mass is 9.88. The van der Waals surface area contributed by atoms with Gasteiger partial charge in [0.15, 0.2) is 0 Å². The number of rotatable bonds is 4. The molecule has 13 heavy (non-hydrogen) atoms. The highest BCUT2D eigenvalue weighted by Crippen LogP contribution is 2.26. The molecular weight excluding hydrogens is 164 g/mol. The van der Waals surface area contributed by atoms with Crippen LogP contribution in [-0.4, -0.2) is 18.8 Å². The molecule has 1 saturated heterocycles. The zero-order valence-corrected chi connectivity index (χ0v) is 8.92. The van der Waals surface area contributed by atoms with Crippen LogP contribution in [0.2, 0.25) is 0 Å². The van der Waals surface area contributed by atoms with Crippen LogP contribution in [0.25, 0.3) is 0 Å². The van der Waals surface area contributed by atoms with Gasteiger partial charge in [-0.15, -0.1) is 0 Å². The first-order valence-corrected chi connectivity index (χ1v) is 5.23. The second-order valence-corrected chi connectivity index (χ2v) is 4.43.